The molecule has 1 heterocycles. The van der Waals surface area contributed by atoms with Gasteiger partial charge in [-0.25, -0.2) is 0 Å². The van der Waals surface area contributed by atoms with Gasteiger partial charge in [0, 0.05) is 12.1 Å². The Balaban J connectivity index is 2.00. The van der Waals surface area contributed by atoms with Gasteiger partial charge in [-0.2, -0.15) is 0 Å². The van der Waals surface area contributed by atoms with Crippen molar-refractivity contribution in [2.75, 3.05) is 39.4 Å². The topological polar surface area (TPSA) is 79.3 Å². The molecule has 7 heteroatoms. The highest BCUT2D eigenvalue weighted by Gasteiger charge is 2.45. The summed E-state index contributed by atoms with van der Waals surface area (Å²) < 4.78 is 11.4. The summed E-state index contributed by atoms with van der Waals surface area (Å²) in [5.41, 5.74) is 1.30. The molecule has 1 atom stereocenters. The van der Waals surface area contributed by atoms with Crippen LogP contribution in [0.15, 0.2) is 54.1 Å². The van der Waals surface area contributed by atoms with Crippen molar-refractivity contribution in [3.05, 3.63) is 65.2 Å². The zero-order valence-electron chi connectivity index (χ0n) is 22.5. The quantitative estimate of drug-likeness (QED) is 0.159. The van der Waals surface area contributed by atoms with Gasteiger partial charge in [-0.05, 0) is 81.4 Å². The van der Waals surface area contributed by atoms with Gasteiger partial charge in [0.15, 0.2) is 0 Å². The molecular formula is C30H40N2O5. The van der Waals surface area contributed by atoms with Gasteiger partial charge in [-0.15, -0.1) is 0 Å². The van der Waals surface area contributed by atoms with E-state index in [4.69, 9.17) is 9.47 Å². The molecule has 0 aliphatic carbocycles. The van der Waals surface area contributed by atoms with E-state index in [1.807, 2.05) is 31.2 Å². The first kappa shape index (κ1) is 28.3. The monoisotopic (exact) mass is 508 g/mol. The van der Waals surface area contributed by atoms with Crippen molar-refractivity contribution in [3.8, 4) is 11.5 Å². The van der Waals surface area contributed by atoms with E-state index in [9.17, 15) is 14.7 Å². The number of benzene rings is 2. The maximum absolute atomic E-state index is 13.3. The van der Waals surface area contributed by atoms with Crippen molar-refractivity contribution in [1.82, 2.24) is 9.80 Å². The van der Waals surface area contributed by atoms with Crippen molar-refractivity contribution in [3.63, 3.8) is 0 Å². The molecule has 2 aromatic rings. The molecule has 0 saturated carbocycles. The maximum atomic E-state index is 13.3. The number of carbonyl (C=O) groups excluding carboxylic acids is 2. The van der Waals surface area contributed by atoms with Crippen molar-refractivity contribution in [1.29, 1.82) is 0 Å². The van der Waals surface area contributed by atoms with E-state index in [0.717, 1.165) is 44.5 Å². The molecule has 0 aromatic heterocycles. The molecule has 0 bridgehead atoms. The molecule has 3 rings (SSSR count). The van der Waals surface area contributed by atoms with Gasteiger partial charge in [0.1, 0.15) is 17.3 Å². The summed E-state index contributed by atoms with van der Waals surface area (Å²) >= 11 is 0. The van der Waals surface area contributed by atoms with Crippen LogP contribution in [0.1, 0.15) is 64.1 Å². The highest BCUT2D eigenvalue weighted by atomic mass is 16.5. The Morgan fingerprint density at radius 1 is 0.946 bits per heavy atom. The number of ether oxygens (including phenoxy) is 2. The number of unbranched alkanes of at least 4 members (excludes halogenated alkanes) is 1. The molecule has 7 nitrogen and oxygen atoms in total. The number of hydrogen-bond acceptors (Lipinski definition) is 6. The minimum atomic E-state index is -0.696. The van der Waals surface area contributed by atoms with E-state index in [2.05, 4.69) is 25.7 Å². The molecule has 200 valence electrons. The van der Waals surface area contributed by atoms with Crippen LogP contribution in [-0.2, 0) is 9.59 Å². The van der Waals surface area contributed by atoms with Gasteiger partial charge >= 0.3 is 0 Å². The predicted octanol–water partition coefficient (Wildman–Crippen LogP) is 5.42. The molecule has 0 radical (unpaired) electrons. The van der Waals surface area contributed by atoms with Gasteiger partial charge < -0.3 is 24.4 Å². The first-order valence-corrected chi connectivity index (χ1v) is 13.4. The zero-order valence-corrected chi connectivity index (χ0v) is 22.5. The Labute approximate surface area is 220 Å². The Kier molecular flexibility index (Phi) is 10.6. The molecule has 1 N–H and O–H groups in total. The third kappa shape index (κ3) is 6.92. The average molecular weight is 509 g/mol. The Morgan fingerprint density at radius 2 is 1.68 bits per heavy atom. The summed E-state index contributed by atoms with van der Waals surface area (Å²) in [5, 5.41) is 11.3. The van der Waals surface area contributed by atoms with E-state index >= 15 is 0 Å². The number of rotatable bonds is 14. The lowest BCUT2D eigenvalue weighted by Gasteiger charge is -2.27. The smallest absolute Gasteiger partial charge is 0.295 e. The lowest BCUT2D eigenvalue weighted by molar-refractivity contribution is -0.140. The normalized spacial score (nSPS) is 17.0. The lowest BCUT2D eigenvalue weighted by Crippen LogP contribution is -2.33. The number of Topliss-reactive ketones (excluding diaryl/α,β-unsaturated/α-hetero) is 1. The van der Waals surface area contributed by atoms with Crippen LogP contribution in [0.5, 0.6) is 11.5 Å². The zero-order chi connectivity index (χ0) is 26.8. The van der Waals surface area contributed by atoms with Gasteiger partial charge in [-0.3, -0.25) is 9.59 Å². The van der Waals surface area contributed by atoms with Crippen LogP contribution in [0, 0.1) is 0 Å². The van der Waals surface area contributed by atoms with E-state index in [1.165, 1.54) is 0 Å². The number of carbonyl (C=O) groups is 2. The van der Waals surface area contributed by atoms with E-state index in [-0.39, 0.29) is 11.3 Å². The van der Waals surface area contributed by atoms with E-state index < -0.39 is 17.7 Å². The summed E-state index contributed by atoms with van der Waals surface area (Å²) in [7, 11) is 0. The van der Waals surface area contributed by atoms with Crippen LogP contribution in [0.3, 0.4) is 0 Å². The van der Waals surface area contributed by atoms with E-state index in [1.54, 1.807) is 29.2 Å². The van der Waals surface area contributed by atoms with E-state index in [0.29, 0.717) is 36.8 Å². The van der Waals surface area contributed by atoms with Crippen LogP contribution in [-0.4, -0.2) is 66.0 Å². The summed E-state index contributed by atoms with van der Waals surface area (Å²) in [4.78, 5) is 30.4. The number of amides is 1. The van der Waals surface area contributed by atoms with Crippen molar-refractivity contribution in [2.24, 2.45) is 0 Å². The Morgan fingerprint density at radius 3 is 2.32 bits per heavy atom. The first-order chi connectivity index (χ1) is 17.9. The van der Waals surface area contributed by atoms with Gasteiger partial charge in [0.05, 0.1) is 24.8 Å². The molecule has 1 aliphatic heterocycles. The average Bonchev–Trinajstić information content (AvgIpc) is 3.17. The fourth-order valence-corrected chi connectivity index (χ4v) is 4.60. The van der Waals surface area contributed by atoms with Gasteiger partial charge in [0.2, 0.25) is 0 Å². The second-order valence-corrected chi connectivity index (χ2v) is 9.10. The number of aliphatic hydroxyl groups is 1. The molecule has 1 saturated heterocycles. The Hall–Kier alpha value is -3.32. The second kappa shape index (κ2) is 13.8. The van der Waals surface area contributed by atoms with Crippen LogP contribution in [0.25, 0.3) is 5.76 Å². The van der Waals surface area contributed by atoms with Crippen molar-refractivity contribution >= 4 is 17.4 Å². The second-order valence-electron chi connectivity index (χ2n) is 9.10. The lowest BCUT2D eigenvalue weighted by atomic mass is 9.95. The SMILES string of the molecule is CCCCOc1cccc(C2/C(=C(\O)c3ccc(OCC)cc3)C(=O)C(=O)N2CCCN(CC)CC)c1. The summed E-state index contributed by atoms with van der Waals surface area (Å²) in [6, 6.07) is 13.7. The van der Waals surface area contributed by atoms with Crippen LogP contribution >= 0.6 is 0 Å². The number of hydrogen-bond donors (Lipinski definition) is 1. The molecule has 2 aromatic carbocycles. The molecule has 1 aliphatic rings. The molecule has 1 amide bonds. The van der Waals surface area contributed by atoms with Gasteiger partial charge in [-0.1, -0.05) is 39.3 Å². The maximum Gasteiger partial charge on any atom is 0.295 e. The standard InChI is InChI=1S/C30H40N2O5/c1-5-9-20-37-25-13-10-12-23(21-25)27-26(28(33)22-14-16-24(17-15-22)36-8-4)29(34)30(35)32(27)19-11-18-31(6-2)7-3/h10,12-17,21,27,33H,5-9,11,18-20H2,1-4H3/b28-26+. The fraction of sp³-hybridized carbons (Fsp3) is 0.467. The predicted molar refractivity (Wildman–Crippen MR) is 146 cm³/mol. The number of aliphatic hydroxyl groups excluding tert-OH is 1. The molecule has 37 heavy (non-hydrogen) atoms. The minimum Gasteiger partial charge on any atom is -0.507 e. The largest absolute Gasteiger partial charge is 0.507 e. The number of likely N-dealkylation sites (tertiary alicyclic amines) is 1. The summed E-state index contributed by atoms with van der Waals surface area (Å²) in [6.07, 6.45) is 2.68. The van der Waals surface area contributed by atoms with Crippen LogP contribution < -0.4 is 9.47 Å². The highest BCUT2D eigenvalue weighted by Crippen LogP contribution is 2.40. The fourth-order valence-electron chi connectivity index (χ4n) is 4.60. The minimum absolute atomic E-state index is 0.0997. The van der Waals surface area contributed by atoms with Crippen molar-refractivity contribution in [2.45, 2.75) is 53.0 Å². The summed E-state index contributed by atoms with van der Waals surface area (Å²) in [5.74, 6) is -0.0917. The van der Waals surface area contributed by atoms with Crippen molar-refractivity contribution < 1.29 is 24.2 Å². The molecule has 0 spiro atoms. The molecule has 1 unspecified atom stereocenters. The van der Waals surface area contributed by atoms with Crippen LogP contribution in [0.2, 0.25) is 0 Å². The number of nitrogens with zero attached hydrogens (tertiary/aromatic N) is 2. The Bertz CT molecular complexity index is 1080. The third-order valence-electron chi connectivity index (χ3n) is 6.69. The van der Waals surface area contributed by atoms with Crippen LogP contribution in [0.4, 0.5) is 0 Å². The summed E-state index contributed by atoms with van der Waals surface area (Å²) in [6.45, 7) is 12.4. The molecular weight excluding hydrogens is 468 g/mol. The number of ketones is 1. The molecule has 1 fully saturated rings. The third-order valence-corrected chi connectivity index (χ3v) is 6.69. The van der Waals surface area contributed by atoms with Gasteiger partial charge in [0.25, 0.3) is 11.7 Å². The highest BCUT2D eigenvalue weighted by molar-refractivity contribution is 6.46. The first-order valence-electron chi connectivity index (χ1n) is 13.4.